The third-order valence-electron chi connectivity index (χ3n) is 4.31. The van der Waals surface area contributed by atoms with Crippen LogP contribution < -0.4 is 20.1 Å². The van der Waals surface area contributed by atoms with Crippen LogP contribution in [0.5, 0.6) is 11.5 Å². The summed E-state index contributed by atoms with van der Waals surface area (Å²) in [6, 6.07) is 15.8. The molecule has 2 N–H and O–H groups in total. The highest BCUT2D eigenvalue weighted by Gasteiger charge is 2.14. The van der Waals surface area contributed by atoms with Crippen molar-refractivity contribution in [2.24, 2.45) is 4.99 Å². The Hall–Kier alpha value is -3.58. The first-order valence-corrected chi connectivity index (χ1v) is 9.72. The van der Waals surface area contributed by atoms with Crippen LogP contribution in [0.15, 0.2) is 72.0 Å². The van der Waals surface area contributed by atoms with Crippen molar-refractivity contribution < 1.29 is 14.3 Å². The third-order valence-corrected chi connectivity index (χ3v) is 4.56. The van der Waals surface area contributed by atoms with Crippen molar-refractivity contribution in [2.45, 2.75) is 6.54 Å². The maximum atomic E-state index is 12.7. The number of aromatic nitrogens is 1. The van der Waals surface area contributed by atoms with E-state index in [1.165, 1.54) is 0 Å². The van der Waals surface area contributed by atoms with E-state index in [1.54, 1.807) is 36.7 Å². The monoisotopic (exact) mass is 422 g/mol. The highest BCUT2D eigenvalue weighted by molar-refractivity contribution is 6.30. The number of ether oxygens (including phenoxy) is 2. The van der Waals surface area contributed by atoms with E-state index >= 15 is 0 Å². The number of anilines is 1. The number of carbonyl (C=O) groups is 1. The molecule has 30 heavy (non-hydrogen) atoms. The normalized spacial score (nSPS) is 12.9. The van der Waals surface area contributed by atoms with Crippen molar-refractivity contribution in [1.29, 1.82) is 0 Å². The number of nitrogens with zero attached hydrogens (tertiary/aromatic N) is 2. The van der Waals surface area contributed by atoms with Gasteiger partial charge in [0.25, 0.3) is 5.91 Å². The summed E-state index contributed by atoms with van der Waals surface area (Å²) < 4.78 is 11.2. The Bertz CT molecular complexity index is 1060. The number of aliphatic imine (C=N–C) groups is 1. The van der Waals surface area contributed by atoms with Crippen LogP contribution in [0.4, 0.5) is 5.69 Å². The zero-order chi connectivity index (χ0) is 20.8. The second kappa shape index (κ2) is 9.28. The molecule has 7 nitrogen and oxygen atoms in total. The number of rotatable bonds is 4. The van der Waals surface area contributed by atoms with E-state index in [0.717, 1.165) is 5.56 Å². The molecule has 0 saturated heterocycles. The molecule has 0 saturated carbocycles. The number of fused-ring (bicyclic) bond motifs is 1. The topological polar surface area (TPSA) is 84.8 Å². The Kier molecular flexibility index (Phi) is 6.10. The minimum Gasteiger partial charge on any atom is -0.486 e. The molecule has 1 aliphatic rings. The summed E-state index contributed by atoms with van der Waals surface area (Å²) in [6.07, 6.45) is 3.40. The molecule has 3 aromatic rings. The lowest BCUT2D eigenvalue weighted by atomic mass is 10.2. The van der Waals surface area contributed by atoms with Gasteiger partial charge in [-0.2, -0.15) is 0 Å². The van der Waals surface area contributed by atoms with Gasteiger partial charge in [-0.3, -0.25) is 15.1 Å². The van der Waals surface area contributed by atoms with Crippen LogP contribution >= 0.6 is 11.6 Å². The highest BCUT2D eigenvalue weighted by atomic mass is 35.5. The van der Waals surface area contributed by atoms with Crippen molar-refractivity contribution in [1.82, 2.24) is 10.3 Å². The van der Waals surface area contributed by atoms with Crippen molar-refractivity contribution in [3.8, 4) is 11.5 Å². The summed E-state index contributed by atoms with van der Waals surface area (Å²) in [5.41, 5.74) is 2.15. The standard InChI is InChI=1S/C22H19ClN4O3/c23-17-3-1-16(2-4-17)21(28)27-22(25-14-15-7-9-24-10-8-15)26-18-5-6-19-20(13-18)30-12-11-29-19/h1-10,13H,11-12,14H2,(H2,25,26,27,28). The Labute approximate surface area is 178 Å². The van der Waals surface area contributed by atoms with Gasteiger partial charge in [-0.1, -0.05) is 11.6 Å². The van der Waals surface area contributed by atoms with Crippen molar-refractivity contribution >= 4 is 29.2 Å². The molecule has 2 heterocycles. The van der Waals surface area contributed by atoms with Crippen LogP contribution in [0, 0.1) is 0 Å². The smallest absolute Gasteiger partial charge is 0.257 e. The molecule has 152 valence electrons. The Balaban J connectivity index is 1.55. The summed E-state index contributed by atoms with van der Waals surface area (Å²) in [7, 11) is 0. The first kappa shape index (κ1) is 19.7. The molecule has 8 heteroatoms. The van der Waals surface area contributed by atoms with E-state index in [9.17, 15) is 4.79 Å². The molecular formula is C22H19ClN4O3. The second-order valence-electron chi connectivity index (χ2n) is 6.46. The zero-order valence-corrected chi connectivity index (χ0v) is 16.7. The molecule has 1 amide bonds. The summed E-state index contributed by atoms with van der Waals surface area (Å²) in [4.78, 5) is 21.2. The van der Waals surface area contributed by atoms with Gasteiger partial charge >= 0.3 is 0 Å². The average molecular weight is 423 g/mol. The first-order chi connectivity index (χ1) is 14.7. The minimum absolute atomic E-state index is 0.301. The maximum absolute atomic E-state index is 12.7. The number of benzene rings is 2. The summed E-state index contributed by atoms with van der Waals surface area (Å²) in [5.74, 6) is 1.34. The van der Waals surface area contributed by atoms with Gasteiger partial charge in [0, 0.05) is 34.7 Å². The third kappa shape index (κ3) is 5.07. The van der Waals surface area contributed by atoms with Gasteiger partial charge in [0.15, 0.2) is 11.5 Å². The molecule has 2 aromatic carbocycles. The lowest BCUT2D eigenvalue weighted by molar-refractivity contribution is 0.0977. The predicted octanol–water partition coefficient (Wildman–Crippen LogP) is 3.90. The number of amides is 1. The number of pyridine rings is 1. The number of nitrogens with one attached hydrogen (secondary N) is 2. The van der Waals surface area contributed by atoms with Crippen LogP contribution in [0.1, 0.15) is 15.9 Å². The summed E-state index contributed by atoms with van der Waals surface area (Å²) in [6.45, 7) is 1.39. The van der Waals surface area contributed by atoms with Gasteiger partial charge in [0.05, 0.1) is 6.54 Å². The zero-order valence-electron chi connectivity index (χ0n) is 16.0. The lowest BCUT2D eigenvalue weighted by Crippen LogP contribution is -2.36. The van der Waals surface area contributed by atoms with Gasteiger partial charge in [-0.05, 0) is 54.1 Å². The van der Waals surface area contributed by atoms with Gasteiger partial charge in [0.1, 0.15) is 13.2 Å². The van der Waals surface area contributed by atoms with Crippen LogP contribution in [0.25, 0.3) is 0 Å². The molecule has 1 aromatic heterocycles. The SMILES string of the molecule is O=C(NC(=NCc1ccncc1)Nc1ccc2c(c1)OCCO2)c1ccc(Cl)cc1. The Morgan fingerprint density at radius 2 is 1.73 bits per heavy atom. The summed E-state index contributed by atoms with van der Waals surface area (Å²) >= 11 is 5.91. The molecule has 0 unspecified atom stereocenters. The van der Waals surface area contributed by atoms with Crippen molar-refractivity contribution in [3.63, 3.8) is 0 Å². The van der Waals surface area contributed by atoms with Gasteiger partial charge in [-0.25, -0.2) is 4.99 Å². The van der Waals surface area contributed by atoms with Crippen LogP contribution in [0.2, 0.25) is 5.02 Å². The number of hydrogen-bond donors (Lipinski definition) is 2. The first-order valence-electron chi connectivity index (χ1n) is 9.34. The fourth-order valence-corrected chi connectivity index (χ4v) is 2.93. The lowest BCUT2D eigenvalue weighted by Gasteiger charge is -2.19. The highest BCUT2D eigenvalue weighted by Crippen LogP contribution is 2.32. The Morgan fingerprint density at radius 3 is 2.50 bits per heavy atom. The van der Waals surface area contributed by atoms with E-state index in [1.807, 2.05) is 30.3 Å². The fraction of sp³-hybridized carbons (Fsp3) is 0.136. The Morgan fingerprint density at radius 1 is 1.00 bits per heavy atom. The quantitative estimate of drug-likeness (QED) is 0.492. The van der Waals surface area contributed by atoms with Crippen LogP contribution in [0.3, 0.4) is 0 Å². The predicted molar refractivity (Wildman–Crippen MR) is 115 cm³/mol. The van der Waals surface area contributed by atoms with E-state index in [-0.39, 0.29) is 5.91 Å². The van der Waals surface area contributed by atoms with Crippen molar-refractivity contribution in [2.75, 3.05) is 18.5 Å². The molecule has 4 rings (SSSR count). The minimum atomic E-state index is -0.301. The molecule has 0 spiro atoms. The van der Waals surface area contributed by atoms with Gasteiger partial charge in [-0.15, -0.1) is 0 Å². The number of halogens is 1. The fourth-order valence-electron chi connectivity index (χ4n) is 2.81. The molecular weight excluding hydrogens is 404 g/mol. The van der Waals surface area contributed by atoms with Gasteiger partial charge in [0.2, 0.25) is 5.96 Å². The largest absolute Gasteiger partial charge is 0.486 e. The number of hydrogen-bond acceptors (Lipinski definition) is 5. The molecule has 0 atom stereocenters. The van der Waals surface area contributed by atoms with E-state index in [2.05, 4.69) is 20.6 Å². The molecule has 0 bridgehead atoms. The molecule has 0 aliphatic carbocycles. The average Bonchev–Trinajstić information content (AvgIpc) is 2.78. The van der Waals surface area contributed by atoms with Crippen LogP contribution in [-0.4, -0.2) is 30.1 Å². The van der Waals surface area contributed by atoms with E-state index in [0.29, 0.717) is 53.5 Å². The number of carbonyl (C=O) groups excluding carboxylic acids is 1. The van der Waals surface area contributed by atoms with Gasteiger partial charge < -0.3 is 14.8 Å². The summed E-state index contributed by atoms with van der Waals surface area (Å²) in [5, 5.41) is 6.54. The van der Waals surface area contributed by atoms with E-state index < -0.39 is 0 Å². The number of guanidine groups is 1. The maximum Gasteiger partial charge on any atom is 0.257 e. The second-order valence-corrected chi connectivity index (χ2v) is 6.90. The van der Waals surface area contributed by atoms with Crippen LogP contribution in [-0.2, 0) is 6.54 Å². The molecule has 0 radical (unpaired) electrons. The molecule has 0 fully saturated rings. The van der Waals surface area contributed by atoms with Crippen molar-refractivity contribution in [3.05, 3.63) is 83.1 Å². The molecule has 1 aliphatic heterocycles. The van der Waals surface area contributed by atoms with E-state index in [4.69, 9.17) is 21.1 Å².